The quantitative estimate of drug-likeness (QED) is 0.476. The Labute approximate surface area is 102 Å². The minimum absolute atomic E-state index is 0.295. The van der Waals surface area contributed by atoms with Gasteiger partial charge in [-0.1, -0.05) is 28.1 Å². The van der Waals surface area contributed by atoms with Gasteiger partial charge in [0.25, 0.3) is 0 Å². The van der Waals surface area contributed by atoms with E-state index in [2.05, 4.69) is 20.7 Å². The summed E-state index contributed by atoms with van der Waals surface area (Å²) in [4.78, 5) is 32.3. The highest BCUT2D eigenvalue weighted by atomic mass is 79.9. The zero-order valence-electron chi connectivity index (χ0n) is 8.10. The number of hydrogen-bond donors (Lipinski definition) is 0. The van der Waals surface area contributed by atoms with E-state index in [4.69, 9.17) is 0 Å². The second-order valence-corrected chi connectivity index (χ2v) is 4.62. The summed E-state index contributed by atoms with van der Waals surface area (Å²) in [6, 6.07) is 7.17. The molecular formula is C10H8BrO4P. The van der Waals surface area contributed by atoms with Crippen LogP contribution in [0.5, 0.6) is 0 Å². The van der Waals surface area contributed by atoms with Crippen molar-refractivity contribution in [2.45, 2.75) is 0 Å². The lowest BCUT2D eigenvalue weighted by atomic mass is 10.1. The minimum atomic E-state index is -0.666. The first-order chi connectivity index (χ1) is 7.63. The third-order valence-electron chi connectivity index (χ3n) is 1.68. The molecule has 0 fully saturated rings. The lowest BCUT2D eigenvalue weighted by Crippen LogP contribution is -2.10. The number of benzene rings is 1. The maximum absolute atomic E-state index is 11.5. The maximum atomic E-state index is 11.5. The molecule has 0 N–H and O–H groups in total. The van der Waals surface area contributed by atoms with Gasteiger partial charge in [0.1, 0.15) is 6.03 Å². The second kappa shape index (κ2) is 6.51. The van der Waals surface area contributed by atoms with E-state index in [1.807, 2.05) is 0 Å². The van der Waals surface area contributed by atoms with Gasteiger partial charge in [-0.3, -0.25) is 9.59 Å². The van der Waals surface area contributed by atoms with E-state index in [9.17, 15) is 14.4 Å². The monoisotopic (exact) mass is 302 g/mol. The fourth-order valence-electron chi connectivity index (χ4n) is 0.940. The van der Waals surface area contributed by atoms with Crippen molar-refractivity contribution >= 4 is 42.0 Å². The van der Waals surface area contributed by atoms with Crippen molar-refractivity contribution in [2.24, 2.45) is 0 Å². The van der Waals surface area contributed by atoms with Gasteiger partial charge in [0, 0.05) is 10.0 Å². The molecule has 0 aliphatic carbocycles. The molecule has 1 atom stereocenters. The van der Waals surface area contributed by atoms with Gasteiger partial charge in [-0.15, -0.1) is 0 Å². The Bertz CT molecular complexity index is 402. The Morgan fingerprint density at radius 3 is 2.50 bits per heavy atom. The first-order valence-electron chi connectivity index (χ1n) is 4.29. The zero-order chi connectivity index (χ0) is 12.0. The highest BCUT2D eigenvalue weighted by Crippen LogP contribution is 2.12. The lowest BCUT2D eigenvalue weighted by molar-refractivity contribution is 0.0877. The van der Waals surface area contributed by atoms with Gasteiger partial charge in [-0.05, 0) is 12.1 Å². The first kappa shape index (κ1) is 13.0. The molecule has 1 aromatic carbocycles. The van der Waals surface area contributed by atoms with Crippen molar-refractivity contribution in [2.75, 3.05) is 6.61 Å². The molecule has 0 saturated carbocycles. The highest BCUT2D eigenvalue weighted by Gasteiger charge is 2.09. The summed E-state index contributed by atoms with van der Waals surface area (Å²) in [6.45, 7) is -0.332. The van der Waals surface area contributed by atoms with E-state index < -0.39 is 14.3 Å². The predicted molar refractivity (Wildman–Crippen MR) is 64.9 cm³/mol. The van der Waals surface area contributed by atoms with Crippen LogP contribution in [0.3, 0.4) is 0 Å². The SMILES string of the molecule is O=CPC(=O)OCC(=O)c1ccc(Br)cc1. The molecule has 0 spiro atoms. The zero-order valence-corrected chi connectivity index (χ0v) is 10.7. The molecule has 0 radical (unpaired) electrons. The number of hydrogen-bond acceptors (Lipinski definition) is 4. The van der Waals surface area contributed by atoms with Gasteiger partial charge in [0.15, 0.2) is 12.4 Å². The Kier molecular flexibility index (Phi) is 5.29. The van der Waals surface area contributed by atoms with Crippen LogP contribution in [-0.2, 0) is 9.53 Å². The molecule has 1 aromatic rings. The van der Waals surface area contributed by atoms with E-state index in [1.54, 1.807) is 24.3 Å². The molecular weight excluding hydrogens is 295 g/mol. The van der Waals surface area contributed by atoms with Crippen LogP contribution in [0.4, 0.5) is 4.79 Å². The molecule has 1 rings (SSSR count). The van der Waals surface area contributed by atoms with Gasteiger partial charge in [-0.2, -0.15) is 0 Å². The summed E-state index contributed by atoms with van der Waals surface area (Å²) in [7, 11) is -0.558. The average molecular weight is 303 g/mol. The molecule has 0 bridgehead atoms. The molecule has 0 aromatic heterocycles. The van der Waals surface area contributed by atoms with Crippen molar-refractivity contribution < 1.29 is 19.1 Å². The summed E-state index contributed by atoms with van der Waals surface area (Å²) >= 11 is 3.24. The number of ether oxygens (including phenoxy) is 1. The van der Waals surface area contributed by atoms with Crippen molar-refractivity contribution in [1.29, 1.82) is 0 Å². The minimum Gasteiger partial charge on any atom is -0.454 e. The summed E-state index contributed by atoms with van der Waals surface area (Å²) in [6.07, 6.45) is 0. The third-order valence-corrected chi connectivity index (χ3v) is 2.70. The fraction of sp³-hybridized carbons (Fsp3) is 0.100. The third kappa shape index (κ3) is 4.21. The van der Waals surface area contributed by atoms with Crippen LogP contribution < -0.4 is 0 Å². The number of carbonyl (C=O) groups is 3. The van der Waals surface area contributed by atoms with Crippen LogP contribution in [-0.4, -0.2) is 24.1 Å². The normalized spacial score (nSPS) is 10.3. The van der Waals surface area contributed by atoms with E-state index >= 15 is 0 Å². The average Bonchev–Trinajstić information content (AvgIpc) is 2.27. The van der Waals surface area contributed by atoms with Crippen LogP contribution in [0, 0.1) is 0 Å². The predicted octanol–water partition coefficient (Wildman–Crippen LogP) is 2.64. The fourth-order valence-corrected chi connectivity index (χ4v) is 1.46. The number of carbonyl (C=O) groups excluding carboxylic acids is 3. The van der Waals surface area contributed by atoms with Crippen molar-refractivity contribution in [3.63, 3.8) is 0 Å². The molecule has 0 heterocycles. The van der Waals surface area contributed by atoms with E-state index in [-0.39, 0.29) is 12.4 Å². The number of Topliss-reactive ketones (excluding diaryl/α,β-unsaturated/α-hetero) is 1. The molecule has 0 amide bonds. The summed E-state index contributed by atoms with van der Waals surface area (Å²) in [5.41, 5.74) is -0.203. The molecule has 84 valence electrons. The molecule has 0 aliphatic heterocycles. The molecule has 4 nitrogen and oxygen atoms in total. The topological polar surface area (TPSA) is 60.4 Å². The molecule has 16 heavy (non-hydrogen) atoms. The van der Waals surface area contributed by atoms with Crippen LogP contribution >= 0.6 is 24.5 Å². The van der Waals surface area contributed by atoms with Gasteiger partial charge >= 0.3 is 5.71 Å². The van der Waals surface area contributed by atoms with Crippen molar-refractivity contribution in [3.8, 4) is 0 Å². The Morgan fingerprint density at radius 1 is 1.31 bits per heavy atom. The largest absolute Gasteiger partial charge is 0.454 e. The van der Waals surface area contributed by atoms with Gasteiger partial charge in [0.2, 0.25) is 0 Å². The van der Waals surface area contributed by atoms with Crippen LogP contribution in [0.2, 0.25) is 0 Å². The van der Waals surface area contributed by atoms with Gasteiger partial charge in [0.05, 0.1) is 8.58 Å². The standard InChI is InChI=1S/C10H8BrO4P/c11-8-3-1-7(2-4-8)9(13)5-15-10(14)16-6-12/h1-4,6,16H,5H2. The van der Waals surface area contributed by atoms with Crippen molar-refractivity contribution in [3.05, 3.63) is 34.3 Å². The number of ketones is 1. The number of halogens is 1. The van der Waals surface area contributed by atoms with Gasteiger partial charge in [-0.25, -0.2) is 4.79 Å². The summed E-state index contributed by atoms with van der Waals surface area (Å²) in [5.74, 6) is -0.295. The van der Waals surface area contributed by atoms with Gasteiger partial charge < -0.3 is 4.74 Å². The second-order valence-electron chi connectivity index (χ2n) is 2.77. The van der Waals surface area contributed by atoms with Crippen LogP contribution in [0.25, 0.3) is 0 Å². The lowest BCUT2D eigenvalue weighted by Gasteiger charge is -2.02. The summed E-state index contributed by atoms with van der Waals surface area (Å²) in [5, 5.41) is 0. The Morgan fingerprint density at radius 2 is 1.94 bits per heavy atom. The first-order valence-corrected chi connectivity index (χ1v) is 6.16. The molecule has 0 saturated heterocycles. The van der Waals surface area contributed by atoms with Crippen LogP contribution in [0.1, 0.15) is 10.4 Å². The highest BCUT2D eigenvalue weighted by molar-refractivity contribution is 9.10. The van der Waals surface area contributed by atoms with Crippen LogP contribution in [0.15, 0.2) is 28.7 Å². The number of rotatable bonds is 5. The van der Waals surface area contributed by atoms with E-state index in [1.165, 1.54) is 0 Å². The van der Waals surface area contributed by atoms with Crippen molar-refractivity contribution in [1.82, 2.24) is 0 Å². The Hall–Kier alpha value is -1.06. The summed E-state index contributed by atoms with van der Waals surface area (Å²) < 4.78 is 5.47. The van der Waals surface area contributed by atoms with E-state index in [0.717, 1.165) is 4.47 Å². The maximum Gasteiger partial charge on any atom is 0.330 e. The molecule has 0 aliphatic rings. The Balaban J connectivity index is 2.49. The molecule has 1 unspecified atom stereocenters. The molecule has 6 heteroatoms. The van der Waals surface area contributed by atoms with E-state index in [0.29, 0.717) is 11.6 Å². The smallest absolute Gasteiger partial charge is 0.330 e.